The fourth-order valence-electron chi connectivity index (χ4n) is 4.14. The van der Waals surface area contributed by atoms with Gasteiger partial charge in [-0.3, -0.25) is 0 Å². The molecule has 2 N–H and O–H groups in total. The molecule has 1 aliphatic heterocycles. The quantitative estimate of drug-likeness (QED) is 0.728. The largest absolute Gasteiger partial charge is 0.492 e. The van der Waals surface area contributed by atoms with Crippen molar-refractivity contribution in [1.29, 1.82) is 5.26 Å². The Morgan fingerprint density at radius 1 is 1.29 bits per heavy atom. The van der Waals surface area contributed by atoms with Crippen LogP contribution in [0, 0.1) is 23.2 Å². The predicted molar refractivity (Wildman–Crippen MR) is 109 cm³/mol. The number of hydrogen-bond donors (Lipinski definition) is 1. The molecule has 8 heteroatoms. The Balaban J connectivity index is 0.00000192. The lowest BCUT2D eigenvalue weighted by atomic mass is 10.1. The van der Waals surface area contributed by atoms with Crippen LogP contribution >= 0.6 is 12.4 Å². The summed E-state index contributed by atoms with van der Waals surface area (Å²) >= 11 is 0. The number of nitriles is 1. The molecule has 0 radical (unpaired) electrons. The number of ether oxygens (including phenoxy) is 1. The molecule has 0 spiro atoms. The van der Waals surface area contributed by atoms with Crippen molar-refractivity contribution in [2.75, 3.05) is 24.6 Å². The molecule has 4 heterocycles. The standard InChI is InChI=1S/C20H20N6O.ClH/c1-2-27-14-5-15(20-13(6-21)8-24-26(20)9-14)12-3-4-18(23-7-12)25-10-16-17(11-25)19(16)22;/h3-5,7-9,16-17,19H,2,10-11,22H2,1H3;1H. The predicted octanol–water partition coefficient (Wildman–Crippen LogP) is 2.48. The molecule has 2 fully saturated rings. The summed E-state index contributed by atoms with van der Waals surface area (Å²) in [5.41, 5.74) is 9.15. The first kappa shape index (κ1) is 18.5. The molecular weight excluding hydrogens is 376 g/mol. The van der Waals surface area contributed by atoms with Crippen molar-refractivity contribution in [3.63, 3.8) is 0 Å². The van der Waals surface area contributed by atoms with Gasteiger partial charge in [-0.2, -0.15) is 10.4 Å². The van der Waals surface area contributed by atoms with Crippen LogP contribution in [0.1, 0.15) is 12.5 Å². The van der Waals surface area contributed by atoms with Crippen molar-refractivity contribution in [2.24, 2.45) is 17.6 Å². The van der Waals surface area contributed by atoms with Crippen molar-refractivity contribution in [3.8, 4) is 22.9 Å². The van der Waals surface area contributed by atoms with Gasteiger partial charge in [0.15, 0.2) is 0 Å². The highest BCUT2D eigenvalue weighted by Crippen LogP contribution is 2.45. The smallest absolute Gasteiger partial charge is 0.138 e. The van der Waals surface area contributed by atoms with Gasteiger partial charge in [0.05, 0.1) is 30.1 Å². The highest BCUT2D eigenvalue weighted by atomic mass is 35.5. The molecule has 2 unspecified atom stereocenters. The highest BCUT2D eigenvalue weighted by molar-refractivity contribution is 5.85. The molecule has 1 aliphatic carbocycles. The van der Waals surface area contributed by atoms with Crippen LogP contribution in [0.5, 0.6) is 5.75 Å². The Kier molecular flexibility index (Phi) is 4.61. The van der Waals surface area contributed by atoms with E-state index in [2.05, 4.69) is 21.1 Å². The van der Waals surface area contributed by atoms with Crippen LogP contribution in [0.2, 0.25) is 0 Å². The van der Waals surface area contributed by atoms with Gasteiger partial charge in [0.1, 0.15) is 17.6 Å². The molecule has 1 saturated carbocycles. The number of fused-ring (bicyclic) bond motifs is 2. The minimum atomic E-state index is 0. The molecule has 0 bridgehead atoms. The van der Waals surface area contributed by atoms with Crippen molar-refractivity contribution in [3.05, 3.63) is 42.4 Å². The zero-order valence-electron chi connectivity index (χ0n) is 15.4. The summed E-state index contributed by atoms with van der Waals surface area (Å²) in [5, 5.41) is 13.7. The van der Waals surface area contributed by atoms with E-state index in [1.807, 2.05) is 31.3 Å². The number of piperidine rings is 1. The molecule has 2 atom stereocenters. The molecule has 5 rings (SSSR count). The maximum absolute atomic E-state index is 9.44. The third kappa shape index (κ3) is 2.86. The Hall–Kier alpha value is -2.82. The summed E-state index contributed by atoms with van der Waals surface area (Å²) in [6.45, 7) is 4.48. The number of anilines is 1. The summed E-state index contributed by atoms with van der Waals surface area (Å²) in [6, 6.07) is 8.63. The fourth-order valence-corrected chi connectivity index (χ4v) is 4.14. The normalized spacial score (nSPS) is 22.5. The first-order chi connectivity index (χ1) is 13.2. The lowest BCUT2D eigenvalue weighted by Gasteiger charge is -2.20. The SMILES string of the molecule is CCOc1cc(-c2ccc(N3CC4C(N)C4C3)nc2)c2c(C#N)cnn2c1.Cl. The van der Waals surface area contributed by atoms with Crippen LogP contribution in [0.25, 0.3) is 16.6 Å². The van der Waals surface area contributed by atoms with Gasteiger partial charge in [0.25, 0.3) is 0 Å². The topological polar surface area (TPSA) is 92.5 Å². The first-order valence-corrected chi connectivity index (χ1v) is 9.21. The molecular formula is C20H21ClN6O. The maximum atomic E-state index is 9.44. The number of rotatable bonds is 4. The van der Waals surface area contributed by atoms with Gasteiger partial charge in [-0.25, -0.2) is 9.50 Å². The van der Waals surface area contributed by atoms with Gasteiger partial charge in [-0.1, -0.05) is 0 Å². The van der Waals surface area contributed by atoms with Crippen LogP contribution < -0.4 is 15.4 Å². The molecule has 3 aromatic rings. The van der Waals surface area contributed by atoms with Gasteiger partial charge in [0, 0.05) is 36.5 Å². The third-order valence-corrected chi connectivity index (χ3v) is 5.66. The average Bonchev–Trinajstić information content (AvgIpc) is 3.09. The van der Waals surface area contributed by atoms with E-state index in [1.54, 1.807) is 16.9 Å². The minimum Gasteiger partial charge on any atom is -0.492 e. The Morgan fingerprint density at radius 3 is 2.71 bits per heavy atom. The molecule has 2 aliphatic rings. The van der Waals surface area contributed by atoms with E-state index in [9.17, 15) is 5.26 Å². The third-order valence-electron chi connectivity index (χ3n) is 5.66. The van der Waals surface area contributed by atoms with Gasteiger partial charge in [0.2, 0.25) is 0 Å². The lowest BCUT2D eigenvalue weighted by molar-refractivity contribution is 0.338. The summed E-state index contributed by atoms with van der Waals surface area (Å²) in [6.07, 6.45) is 5.24. The molecule has 7 nitrogen and oxygen atoms in total. The van der Waals surface area contributed by atoms with Crippen LogP contribution in [0.3, 0.4) is 0 Å². The summed E-state index contributed by atoms with van der Waals surface area (Å²) in [7, 11) is 0. The van der Waals surface area contributed by atoms with Crippen molar-refractivity contribution >= 4 is 23.7 Å². The Bertz CT molecular complexity index is 1040. The molecule has 1 saturated heterocycles. The Labute approximate surface area is 169 Å². The summed E-state index contributed by atoms with van der Waals surface area (Å²) in [5.74, 6) is 2.94. The van der Waals surface area contributed by atoms with Gasteiger partial charge >= 0.3 is 0 Å². The summed E-state index contributed by atoms with van der Waals surface area (Å²) < 4.78 is 7.36. The molecule has 144 valence electrons. The zero-order valence-corrected chi connectivity index (χ0v) is 16.3. The maximum Gasteiger partial charge on any atom is 0.138 e. The van der Waals surface area contributed by atoms with E-state index >= 15 is 0 Å². The zero-order chi connectivity index (χ0) is 18.5. The van der Waals surface area contributed by atoms with E-state index < -0.39 is 0 Å². The van der Waals surface area contributed by atoms with Gasteiger partial charge < -0.3 is 15.4 Å². The number of hydrogen-bond acceptors (Lipinski definition) is 6. The first-order valence-electron chi connectivity index (χ1n) is 9.21. The van der Waals surface area contributed by atoms with Crippen LogP contribution in [-0.4, -0.2) is 40.3 Å². The van der Waals surface area contributed by atoms with E-state index in [1.165, 1.54) is 0 Å². The van der Waals surface area contributed by atoms with Crippen molar-refractivity contribution in [1.82, 2.24) is 14.6 Å². The second-order valence-corrected chi connectivity index (χ2v) is 7.20. The molecule has 28 heavy (non-hydrogen) atoms. The number of pyridine rings is 2. The Morgan fingerprint density at radius 2 is 2.07 bits per heavy atom. The highest BCUT2D eigenvalue weighted by Gasteiger charge is 2.53. The van der Waals surface area contributed by atoms with Gasteiger partial charge in [-0.05, 0) is 37.0 Å². The van der Waals surface area contributed by atoms with Crippen molar-refractivity contribution < 1.29 is 4.74 Å². The summed E-state index contributed by atoms with van der Waals surface area (Å²) in [4.78, 5) is 6.97. The number of aromatic nitrogens is 3. The van der Waals surface area contributed by atoms with E-state index in [-0.39, 0.29) is 12.4 Å². The molecule has 0 aromatic carbocycles. The van der Waals surface area contributed by atoms with Crippen molar-refractivity contribution in [2.45, 2.75) is 13.0 Å². The van der Waals surface area contributed by atoms with E-state index in [0.717, 1.165) is 35.6 Å². The second-order valence-electron chi connectivity index (χ2n) is 7.20. The van der Waals surface area contributed by atoms with Crippen LogP contribution in [0.15, 0.2) is 36.8 Å². The minimum absolute atomic E-state index is 0. The number of nitrogens with two attached hydrogens (primary N) is 1. The number of halogens is 1. The van der Waals surface area contributed by atoms with Crippen LogP contribution in [-0.2, 0) is 0 Å². The number of nitrogens with zero attached hydrogens (tertiary/aromatic N) is 5. The average molecular weight is 397 g/mol. The second kappa shape index (κ2) is 6.97. The van der Waals surface area contributed by atoms with Crippen LogP contribution in [0.4, 0.5) is 5.82 Å². The monoisotopic (exact) mass is 396 g/mol. The van der Waals surface area contributed by atoms with Gasteiger partial charge in [-0.15, -0.1) is 12.4 Å². The molecule has 3 aromatic heterocycles. The molecule has 0 amide bonds. The van der Waals surface area contributed by atoms with E-state index in [4.69, 9.17) is 10.5 Å². The fraction of sp³-hybridized carbons (Fsp3) is 0.350. The van der Waals surface area contributed by atoms with E-state index in [0.29, 0.717) is 35.8 Å². The lowest BCUT2D eigenvalue weighted by Crippen LogP contribution is -2.28.